The summed E-state index contributed by atoms with van der Waals surface area (Å²) in [6.07, 6.45) is 0.0107. The van der Waals surface area contributed by atoms with Crippen LogP contribution < -0.4 is 9.47 Å². The second-order valence-electron chi connectivity index (χ2n) is 7.94. The number of para-hydroxylation sites is 2. The first-order chi connectivity index (χ1) is 15.0. The topological polar surface area (TPSA) is 56.5 Å². The molecule has 0 unspecified atom stereocenters. The van der Waals surface area contributed by atoms with Crippen LogP contribution in [0, 0.1) is 13.8 Å². The van der Waals surface area contributed by atoms with Crippen LogP contribution in [-0.2, 0) is 13.0 Å². The average Bonchev–Trinajstić information content (AvgIpc) is 3.09. The fourth-order valence-electron chi connectivity index (χ4n) is 3.86. The molecule has 5 heteroatoms. The second-order valence-corrected chi connectivity index (χ2v) is 7.94. The lowest BCUT2D eigenvalue weighted by Gasteiger charge is -2.16. The minimum absolute atomic E-state index is 0.220. The molecule has 5 nitrogen and oxygen atoms in total. The Balaban J connectivity index is 1.53. The third kappa shape index (κ3) is 5.06. The molecule has 1 heterocycles. The molecule has 4 rings (SSSR count). The van der Waals surface area contributed by atoms with Crippen LogP contribution in [0.15, 0.2) is 66.7 Å². The van der Waals surface area contributed by atoms with Gasteiger partial charge in [0.1, 0.15) is 30.0 Å². The Hall–Kier alpha value is -3.31. The molecule has 0 spiro atoms. The number of benzene rings is 3. The van der Waals surface area contributed by atoms with Crippen LogP contribution in [0.1, 0.15) is 22.5 Å². The summed E-state index contributed by atoms with van der Waals surface area (Å²) in [7, 11) is 1.66. The maximum atomic E-state index is 10.7. The van der Waals surface area contributed by atoms with Crippen molar-refractivity contribution in [1.82, 2.24) is 9.55 Å². The summed E-state index contributed by atoms with van der Waals surface area (Å²) in [4.78, 5) is 4.82. The van der Waals surface area contributed by atoms with Crippen LogP contribution in [0.3, 0.4) is 0 Å². The Bertz CT molecular complexity index is 1140. The molecule has 0 saturated heterocycles. The SMILES string of the molecule is COc1ccc(Cc2nc3ccccc3n2C[C@H](O)COc2cc(C)cc(C)c2)cc1. The van der Waals surface area contributed by atoms with Gasteiger partial charge in [-0.3, -0.25) is 0 Å². The molecule has 0 amide bonds. The van der Waals surface area contributed by atoms with E-state index in [0.717, 1.165) is 45.0 Å². The molecule has 0 radical (unpaired) electrons. The number of aryl methyl sites for hydroxylation is 2. The molecular weight excluding hydrogens is 388 g/mol. The summed E-state index contributed by atoms with van der Waals surface area (Å²) in [5.41, 5.74) is 5.36. The molecule has 0 aliphatic heterocycles. The van der Waals surface area contributed by atoms with Crippen molar-refractivity contribution in [3.63, 3.8) is 0 Å². The van der Waals surface area contributed by atoms with Gasteiger partial charge in [-0.1, -0.05) is 30.3 Å². The van der Waals surface area contributed by atoms with Crippen molar-refractivity contribution in [3.8, 4) is 11.5 Å². The van der Waals surface area contributed by atoms with Gasteiger partial charge in [-0.2, -0.15) is 0 Å². The molecule has 0 aliphatic rings. The highest BCUT2D eigenvalue weighted by molar-refractivity contribution is 5.76. The molecule has 31 heavy (non-hydrogen) atoms. The Morgan fingerprint density at radius 2 is 1.65 bits per heavy atom. The van der Waals surface area contributed by atoms with E-state index in [1.54, 1.807) is 7.11 Å². The number of aromatic nitrogens is 2. The van der Waals surface area contributed by atoms with E-state index in [1.165, 1.54) is 0 Å². The monoisotopic (exact) mass is 416 g/mol. The summed E-state index contributed by atoms with van der Waals surface area (Å²) in [6, 6.07) is 22.1. The normalized spacial score (nSPS) is 12.1. The standard InChI is InChI=1S/C26H28N2O3/c1-18-12-19(2)14-23(13-18)31-17-21(29)16-28-25-7-5-4-6-24(25)27-26(28)15-20-8-10-22(30-3)11-9-20/h4-14,21,29H,15-17H2,1-3H3/t21-/m0/s1. The molecule has 1 N–H and O–H groups in total. The third-order valence-electron chi connectivity index (χ3n) is 5.29. The maximum absolute atomic E-state index is 10.7. The van der Waals surface area contributed by atoms with Crippen LogP contribution in [0.5, 0.6) is 11.5 Å². The molecule has 1 atom stereocenters. The predicted octanol–water partition coefficient (Wildman–Crippen LogP) is 4.69. The lowest BCUT2D eigenvalue weighted by atomic mass is 10.1. The number of methoxy groups -OCH3 is 1. The fraction of sp³-hybridized carbons (Fsp3) is 0.269. The van der Waals surface area contributed by atoms with E-state index in [4.69, 9.17) is 14.5 Å². The molecule has 0 aliphatic carbocycles. The molecule has 0 saturated carbocycles. The fourth-order valence-corrected chi connectivity index (χ4v) is 3.86. The Labute approximate surface area is 182 Å². The average molecular weight is 417 g/mol. The number of ether oxygens (including phenoxy) is 2. The highest BCUT2D eigenvalue weighted by atomic mass is 16.5. The third-order valence-corrected chi connectivity index (χ3v) is 5.29. The van der Waals surface area contributed by atoms with E-state index in [2.05, 4.69) is 10.6 Å². The van der Waals surface area contributed by atoms with Crippen LogP contribution in [-0.4, -0.2) is 34.5 Å². The van der Waals surface area contributed by atoms with Crippen molar-refractivity contribution in [3.05, 3.63) is 89.2 Å². The van der Waals surface area contributed by atoms with Crippen molar-refractivity contribution in [2.45, 2.75) is 32.9 Å². The largest absolute Gasteiger partial charge is 0.497 e. The van der Waals surface area contributed by atoms with Gasteiger partial charge in [0.2, 0.25) is 0 Å². The van der Waals surface area contributed by atoms with E-state index in [0.29, 0.717) is 13.0 Å². The van der Waals surface area contributed by atoms with Gasteiger partial charge in [0.25, 0.3) is 0 Å². The molecule has 1 aromatic heterocycles. The number of fused-ring (bicyclic) bond motifs is 1. The summed E-state index contributed by atoms with van der Waals surface area (Å²) in [5.74, 6) is 2.53. The van der Waals surface area contributed by atoms with Crippen molar-refractivity contribution >= 4 is 11.0 Å². The van der Waals surface area contributed by atoms with E-state index in [-0.39, 0.29) is 6.61 Å². The summed E-state index contributed by atoms with van der Waals surface area (Å²) in [6.45, 7) is 4.72. The van der Waals surface area contributed by atoms with Gasteiger partial charge >= 0.3 is 0 Å². The number of imidazole rings is 1. The lowest BCUT2D eigenvalue weighted by Crippen LogP contribution is -2.24. The van der Waals surface area contributed by atoms with Crippen LogP contribution >= 0.6 is 0 Å². The molecule has 3 aromatic carbocycles. The second kappa shape index (κ2) is 9.23. The van der Waals surface area contributed by atoms with Crippen molar-refractivity contribution in [1.29, 1.82) is 0 Å². The highest BCUT2D eigenvalue weighted by Crippen LogP contribution is 2.21. The zero-order chi connectivity index (χ0) is 21.8. The van der Waals surface area contributed by atoms with Crippen LogP contribution in [0.2, 0.25) is 0 Å². The quantitative estimate of drug-likeness (QED) is 0.453. The first kappa shape index (κ1) is 20.9. The summed E-state index contributed by atoms with van der Waals surface area (Å²) in [5, 5.41) is 10.7. The number of nitrogens with zero attached hydrogens (tertiary/aromatic N) is 2. The molecular formula is C26H28N2O3. The number of hydrogen-bond acceptors (Lipinski definition) is 4. The lowest BCUT2D eigenvalue weighted by molar-refractivity contribution is 0.0927. The first-order valence-corrected chi connectivity index (χ1v) is 10.5. The first-order valence-electron chi connectivity index (χ1n) is 10.5. The predicted molar refractivity (Wildman–Crippen MR) is 123 cm³/mol. The zero-order valence-electron chi connectivity index (χ0n) is 18.2. The van der Waals surface area contributed by atoms with E-state index < -0.39 is 6.10 Å². The van der Waals surface area contributed by atoms with Crippen LogP contribution in [0.4, 0.5) is 0 Å². The van der Waals surface area contributed by atoms with Gasteiger partial charge in [0.15, 0.2) is 0 Å². The van der Waals surface area contributed by atoms with Gasteiger partial charge in [0.05, 0.1) is 24.7 Å². The minimum atomic E-state index is -0.659. The van der Waals surface area contributed by atoms with Gasteiger partial charge in [-0.15, -0.1) is 0 Å². The van der Waals surface area contributed by atoms with Crippen molar-refractivity contribution in [2.24, 2.45) is 0 Å². The molecule has 4 aromatic rings. The summed E-state index contributed by atoms with van der Waals surface area (Å²) < 4.78 is 13.2. The number of hydrogen-bond donors (Lipinski definition) is 1. The Morgan fingerprint density at radius 3 is 2.35 bits per heavy atom. The number of aliphatic hydroxyl groups is 1. The number of aliphatic hydroxyl groups excluding tert-OH is 1. The smallest absolute Gasteiger partial charge is 0.119 e. The van der Waals surface area contributed by atoms with E-state index in [9.17, 15) is 5.11 Å². The van der Waals surface area contributed by atoms with Gasteiger partial charge < -0.3 is 19.1 Å². The van der Waals surface area contributed by atoms with Crippen molar-refractivity contribution < 1.29 is 14.6 Å². The number of rotatable bonds is 8. The Kier molecular flexibility index (Phi) is 6.23. The minimum Gasteiger partial charge on any atom is -0.497 e. The van der Waals surface area contributed by atoms with Crippen LogP contribution in [0.25, 0.3) is 11.0 Å². The maximum Gasteiger partial charge on any atom is 0.119 e. The van der Waals surface area contributed by atoms with E-state index in [1.807, 2.05) is 74.5 Å². The summed E-state index contributed by atoms with van der Waals surface area (Å²) >= 11 is 0. The van der Waals surface area contributed by atoms with Gasteiger partial charge in [-0.25, -0.2) is 4.98 Å². The van der Waals surface area contributed by atoms with Gasteiger partial charge in [-0.05, 0) is 66.9 Å². The molecule has 160 valence electrons. The zero-order valence-corrected chi connectivity index (χ0v) is 18.2. The highest BCUT2D eigenvalue weighted by Gasteiger charge is 2.15. The Morgan fingerprint density at radius 1 is 0.935 bits per heavy atom. The van der Waals surface area contributed by atoms with E-state index >= 15 is 0 Å². The van der Waals surface area contributed by atoms with Gasteiger partial charge in [0, 0.05) is 6.42 Å². The molecule has 0 bridgehead atoms. The molecule has 0 fully saturated rings. The van der Waals surface area contributed by atoms with Crippen molar-refractivity contribution in [2.75, 3.05) is 13.7 Å².